The fraction of sp³-hybridized carbons (Fsp3) is 0.200. The molecule has 1 aromatic rings. The summed E-state index contributed by atoms with van der Waals surface area (Å²) in [4.78, 5) is 0. The molecule has 0 bridgehead atoms. The number of hydrogen-bond donors (Lipinski definition) is 0. The molecule has 0 heterocycles. The van der Waals surface area contributed by atoms with Gasteiger partial charge in [0.15, 0.2) is 5.75 Å². The zero-order valence-electron chi connectivity index (χ0n) is 7.20. The Morgan fingerprint density at radius 3 is 2.75 bits per heavy atom. The van der Waals surface area contributed by atoms with E-state index in [0.29, 0.717) is 5.75 Å². The Morgan fingerprint density at radius 1 is 1.42 bits per heavy atom. The molecule has 1 aromatic carbocycles. The van der Waals surface area contributed by atoms with E-state index in [0.717, 1.165) is 5.56 Å². The molecule has 0 aromatic heterocycles. The van der Waals surface area contributed by atoms with Crippen molar-refractivity contribution in [3.63, 3.8) is 0 Å². The van der Waals surface area contributed by atoms with Gasteiger partial charge in [-0.1, -0.05) is 18.2 Å². The molecule has 0 N–H and O–H groups in total. The first-order valence-electron chi connectivity index (χ1n) is 3.75. The van der Waals surface area contributed by atoms with Gasteiger partial charge in [0.1, 0.15) is 0 Å². The molecule has 2 heteroatoms. The molecule has 0 fully saturated rings. The maximum absolute atomic E-state index is 11.1. The van der Waals surface area contributed by atoms with Crippen molar-refractivity contribution in [3.05, 3.63) is 29.8 Å². The standard InChI is InChI=1S/C10H11O2/c1-3-4-8-5-6-9(11)10(7-8)12-2/h3-7H,1-2H3/b4-3-. The van der Waals surface area contributed by atoms with E-state index < -0.39 is 0 Å². The summed E-state index contributed by atoms with van der Waals surface area (Å²) >= 11 is 0. The van der Waals surface area contributed by atoms with E-state index in [1.165, 1.54) is 13.2 Å². The maximum atomic E-state index is 11.1. The first kappa shape index (κ1) is 8.65. The van der Waals surface area contributed by atoms with Gasteiger partial charge in [-0.25, -0.2) is 0 Å². The summed E-state index contributed by atoms with van der Waals surface area (Å²) in [5.41, 5.74) is 0.981. The minimum Gasteiger partial charge on any atom is -0.493 e. The molecule has 0 unspecified atom stereocenters. The van der Waals surface area contributed by atoms with Crippen LogP contribution in [0.2, 0.25) is 0 Å². The Hall–Kier alpha value is -1.44. The molecule has 0 aliphatic carbocycles. The average molecular weight is 163 g/mol. The molecular formula is C10H11O2. The van der Waals surface area contributed by atoms with Crippen molar-refractivity contribution in [3.8, 4) is 11.5 Å². The van der Waals surface area contributed by atoms with Crippen molar-refractivity contribution >= 4 is 6.08 Å². The number of allylic oxidation sites excluding steroid dienone is 1. The van der Waals surface area contributed by atoms with E-state index in [1.54, 1.807) is 12.1 Å². The summed E-state index contributed by atoms with van der Waals surface area (Å²) < 4.78 is 4.89. The van der Waals surface area contributed by atoms with Gasteiger partial charge in [0.2, 0.25) is 5.75 Å². The zero-order valence-corrected chi connectivity index (χ0v) is 7.20. The van der Waals surface area contributed by atoms with Crippen LogP contribution < -0.4 is 4.74 Å². The molecule has 0 spiro atoms. The van der Waals surface area contributed by atoms with Gasteiger partial charge in [-0.05, 0) is 24.6 Å². The molecule has 0 amide bonds. The molecule has 12 heavy (non-hydrogen) atoms. The highest BCUT2D eigenvalue weighted by Crippen LogP contribution is 2.27. The topological polar surface area (TPSA) is 29.1 Å². The number of methoxy groups -OCH3 is 1. The Morgan fingerprint density at radius 2 is 2.17 bits per heavy atom. The molecule has 0 saturated carbocycles. The Bertz CT molecular complexity index is 290. The summed E-state index contributed by atoms with van der Waals surface area (Å²) in [6, 6.07) is 5.00. The van der Waals surface area contributed by atoms with Crippen LogP contribution in [0.4, 0.5) is 0 Å². The molecule has 63 valence electrons. The first-order chi connectivity index (χ1) is 5.77. The smallest absolute Gasteiger partial charge is 0.220 e. The van der Waals surface area contributed by atoms with Crippen LogP contribution in [0.3, 0.4) is 0 Å². The van der Waals surface area contributed by atoms with Crippen LogP contribution in [-0.2, 0) is 5.11 Å². The Balaban J connectivity index is 3.05. The van der Waals surface area contributed by atoms with Crippen molar-refractivity contribution in [1.29, 1.82) is 0 Å². The molecule has 2 nitrogen and oxygen atoms in total. The largest absolute Gasteiger partial charge is 0.493 e. The normalized spacial score (nSPS) is 10.5. The highest BCUT2D eigenvalue weighted by molar-refractivity contribution is 5.55. The lowest BCUT2D eigenvalue weighted by molar-refractivity contribution is 0.315. The number of hydrogen-bond acceptors (Lipinski definition) is 1. The van der Waals surface area contributed by atoms with Crippen LogP contribution in [0.5, 0.6) is 11.5 Å². The van der Waals surface area contributed by atoms with Crippen molar-refractivity contribution in [2.24, 2.45) is 0 Å². The average Bonchev–Trinajstić information content (AvgIpc) is 2.09. The maximum Gasteiger partial charge on any atom is 0.220 e. The van der Waals surface area contributed by atoms with Crippen LogP contribution in [0.15, 0.2) is 24.3 Å². The van der Waals surface area contributed by atoms with E-state index in [1.807, 2.05) is 19.1 Å². The molecule has 1 radical (unpaired) electrons. The van der Waals surface area contributed by atoms with Gasteiger partial charge in [0.25, 0.3) is 0 Å². The minimum atomic E-state index is -0.0780. The third kappa shape index (κ3) is 1.78. The van der Waals surface area contributed by atoms with Crippen LogP contribution in [0.1, 0.15) is 12.5 Å². The number of rotatable bonds is 2. The van der Waals surface area contributed by atoms with Gasteiger partial charge in [0, 0.05) is 0 Å². The van der Waals surface area contributed by atoms with Crippen LogP contribution in [0.25, 0.3) is 6.08 Å². The van der Waals surface area contributed by atoms with Gasteiger partial charge in [0.05, 0.1) is 7.11 Å². The lowest BCUT2D eigenvalue weighted by atomic mass is 10.2. The van der Waals surface area contributed by atoms with Gasteiger partial charge in [-0.15, -0.1) is 0 Å². The number of ether oxygens (including phenoxy) is 1. The minimum absolute atomic E-state index is 0.0780. The summed E-state index contributed by atoms with van der Waals surface area (Å²) in [6.07, 6.45) is 3.83. The predicted molar refractivity (Wildman–Crippen MR) is 47.8 cm³/mol. The molecule has 0 atom stereocenters. The molecule has 0 aliphatic heterocycles. The van der Waals surface area contributed by atoms with E-state index in [-0.39, 0.29) is 5.75 Å². The number of benzene rings is 1. The van der Waals surface area contributed by atoms with E-state index in [4.69, 9.17) is 4.74 Å². The fourth-order valence-corrected chi connectivity index (χ4v) is 0.980. The lowest BCUT2D eigenvalue weighted by Gasteiger charge is -2.01. The Kier molecular flexibility index (Phi) is 2.75. The highest BCUT2D eigenvalue weighted by Gasteiger charge is 2.01. The van der Waals surface area contributed by atoms with Crippen molar-refractivity contribution in [2.45, 2.75) is 6.92 Å². The summed E-state index contributed by atoms with van der Waals surface area (Å²) in [5.74, 6) is 0.316. The third-order valence-electron chi connectivity index (χ3n) is 1.55. The monoisotopic (exact) mass is 163 g/mol. The van der Waals surface area contributed by atoms with Crippen LogP contribution in [-0.4, -0.2) is 7.11 Å². The SMILES string of the molecule is C/C=C\c1ccc([O])c(OC)c1. The van der Waals surface area contributed by atoms with Crippen molar-refractivity contribution in [2.75, 3.05) is 7.11 Å². The second kappa shape index (κ2) is 3.81. The molecule has 0 saturated heterocycles. The fourth-order valence-electron chi connectivity index (χ4n) is 0.980. The van der Waals surface area contributed by atoms with Gasteiger partial charge in [-0.2, -0.15) is 0 Å². The first-order valence-corrected chi connectivity index (χ1v) is 3.75. The lowest BCUT2D eigenvalue weighted by Crippen LogP contribution is -1.83. The molecule has 1 rings (SSSR count). The molecular weight excluding hydrogens is 152 g/mol. The summed E-state index contributed by atoms with van der Waals surface area (Å²) in [7, 11) is 1.50. The van der Waals surface area contributed by atoms with E-state index in [9.17, 15) is 5.11 Å². The summed E-state index contributed by atoms with van der Waals surface area (Å²) in [5, 5.41) is 11.1. The van der Waals surface area contributed by atoms with Gasteiger partial charge in [-0.3, -0.25) is 5.11 Å². The van der Waals surface area contributed by atoms with Gasteiger partial charge >= 0.3 is 0 Å². The predicted octanol–water partition coefficient (Wildman–Crippen LogP) is 2.87. The quantitative estimate of drug-likeness (QED) is 0.659. The molecule has 0 aliphatic rings. The zero-order chi connectivity index (χ0) is 8.97. The summed E-state index contributed by atoms with van der Waals surface area (Å²) in [6.45, 7) is 1.93. The second-order valence-corrected chi connectivity index (χ2v) is 2.41. The third-order valence-corrected chi connectivity index (χ3v) is 1.55. The van der Waals surface area contributed by atoms with Crippen LogP contribution >= 0.6 is 0 Å². The van der Waals surface area contributed by atoms with Crippen molar-refractivity contribution in [1.82, 2.24) is 0 Å². The Labute approximate surface area is 72.1 Å². The second-order valence-electron chi connectivity index (χ2n) is 2.41. The van der Waals surface area contributed by atoms with E-state index >= 15 is 0 Å². The van der Waals surface area contributed by atoms with E-state index in [2.05, 4.69) is 0 Å². The highest BCUT2D eigenvalue weighted by atomic mass is 16.5. The van der Waals surface area contributed by atoms with Crippen LogP contribution in [0, 0.1) is 0 Å². The van der Waals surface area contributed by atoms with Crippen molar-refractivity contribution < 1.29 is 9.84 Å². The van der Waals surface area contributed by atoms with Gasteiger partial charge < -0.3 is 4.74 Å².